The number of hydrogen-bond donors (Lipinski definition) is 0. The van der Waals surface area contributed by atoms with E-state index < -0.39 is 9.05 Å². The molecule has 84 valence electrons. The van der Waals surface area contributed by atoms with Crippen LogP contribution in [0.5, 0.6) is 0 Å². The Labute approximate surface area is 94.6 Å². The van der Waals surface area contributed by atoms with Crippen LogP contribution in [-0.4, -0.2) is 50.2 Å². The highest BCUT2D eigenvalue weighted by molar-refractivity contribution is 8.13. The Morgan fingerprint density at radius 2 is 2.29 bits per heavy atom. The third-order valence-corrected chi connectivity index (χ3v) is 4.81. The number of rotatable bonds is 5. The van der Waals surface area contributed by atoms with E-state index in [0.29, 0.717) is 12.5 Å². The van der Waals surface area contributed by atoms with E-state index in [1.165, 1.54) is 17.9 Å². The van der Waals surface area contributed by atoms with Crippen molar-refractivity contribution in [3.8, 4) is 0 Å². The Bertz CT molecular complexity index is 263. The molecule has 0 aliphatic carbocycles. The van der Waals surface area contributed by atoms with Crippen molar-refractivity contribution < 1.29 is 8.42 Å². The van der Waals surface area contributed by atoms with Crippen molar-refractivity contribution in [1.29, 1.82) is 0 Å². The van der Waals surface area contributed by atoms with E-state index in [0.717, 1.165) is 6.54 Å². The Morgan fingerprint density at radius 1 is 1.57 bits per heavy atom. The van der Waals surface area contributed by atoms with Crippen LogP contribution < -0.4 is 0 Å². The fourth-order valence-electron chi connectivity index (χ4n) is 1.54. The molecule has 1 unspecified atom stereocenters. The van der Waals surface area contributed by atoms with Gasteiger partial charge in [0.05, 0.1) is 5.75 Å². The SMILES string of the molecule is CN(CCCS(=O)(=O)Cl)C1CCSC1. The molecule has 0 aromatic rings. The van der Waals surface area contributed by atoms with Crippen molar-refractivity contribution in [3.05, 3.63) is 0 Å². The summed E-state index contributed by atoms with van der Waals surface area (Å²) < 4.78 is 21.4. The largest absolute Gasteiger partial charge is 0.303 e. The highest BCUT2D eigenvalue weighted by Crippen LogP contribution is 2.21. The summed E-state index contributed by atoms with van der Waals surface area (Å²) in [6, 6.07) is 0.623. The van der Waals surface area contributed by atoms with Crippen LogP contribution in [0.3, 0.4) is 0 Å². The van der Waals surface area contributed by atoms with Gasteiger partial charge in [-0.25, -0.2) is 8.42 Å². The molecule has 1 aliphatic heterocycles. The molecule has 0 N–H and O–H groups in total. The molecule has 14 heavy (non-hydrogen) atoms. The van der Waals surface area contributed by atoms with Crippen LogP contribution in [0.25, 0.3) is 0 Å². The summed E-state index contributed by atoms with van der Waals surface area (Å²) in [5.41, 5.74) is 0. The molecular formula is C8H16ClNO2S2. The Kier molecular flexibility index (Phi) is 5.03. The van der Waals surface area contributed by atoms with Gasteiger partial charge in [-0.05, 0) is 32.2 Å². The summed E-state index contributed by atoms with van der Waals surface area (Å²) in [6.07, 6.45) is 1.85. The minimum atomic E-state index is -3.30. The monoisotopic (exact) mass is 257 g/mol. The molecule has 6 heteroatoms. The summed E-state index contributed by atoms with van der Waals surface area (Å²) in [5.74, 6) is 2.48. The van der Waals surface area contributed by atoms with Gasteiger partial charge in [0.2, 0.25) is 9.05 Å². The topological polar surface area (TPSA) is 37.4 Å². The van der Waals surface area contributed by atoms with E-state index in [9.17, 15) is 8.42 Å². The van der Waals surface area contributed by atoms with E-state index in [1.807, 2.05) is 11.8 Å². The molecule has 1 aliphatic rings. The van der Waals surface area contributed by atoms with Gasteiger partial charge in [0, 0.05) is 22.5 Å². The van der Waals surface area contributed by atoms with Crippen molar-refractivity contribution in [2.45, 2.75) is 18.9 Å². The molecule has 1 saturated heterocycles. The van der Waals surface area contributed by atoms with Gasteiger partial charge in [0.25, 0.3) is 0 Å². The highest BCUT2D eigenvalue weighted by atomic mass is 35.7. The number of nitrogens with zero attached hydrogens (tertiary/aromatic N) is 1. The first-order chi connectivity index (χ1) is 6.49. The van der Waals surface area contributed by atoms with Gasteiger partial charge in [0.1, 0.15) is 0 Å². The van der Waals surface area contributed by atoms with Crippen molar-refractivity contribution in [3.63, 3.8) is 0 Å². The number of halogens is 1. The predicted octanol–water partition coefficient (Wildman–Crippen LogP) is 1.38. The lowest BCUT2D eigenvalue weighted by Crippen LogP contribution is -2.32. The second-order valence-electron chi connectivity index (χ2n) is 3.59. The van der Waals surface area contributed by atoms with Gasteiger partial charge in [-0.1, -0.05) is 0 Å². The summed E-state index contributed by atoms with van der Waals surface area (Å²) in [7, 11) is 3.88. The van der Waals surface area contributed by atoms with Gasteiger partial charge in [-0.3, -0.25) is 0 Å². The fraction of sp³-hybridized carbons (Fsp3) is 1.00. The number of thioether (sulfide) groups is 1. The third-order valence-electron chi connectivity index (χ3n) is 2.43. The summed E-state index contributed by atoms with van der Waals surface area (Å²) in [5, 5.41) is 0. The lowest BCUT2D eigenvalue weighted by Gasteiger charge is -2.22. The van der Waals surface area contributed by atoms with E-state index in [-0.39, 0.29) is 5.75 Å². The molecule has 1 rings (SSSR count). The second kappa shape index (κ2) is 5.58. The van der Waals surface area contributed by atoms with Crippen LogP contribution in [0, 0.1) is 0 Å². The maximum absolute atomic E-state index is 10.7. The molecule has 0 spiro atoms. The summed E-state index contributed by atoms with van der Waals surface area (Å²) in [6.45, 7) is 0.817. The molecule has 0 aromatic heterocycles. The molecule has 1 fully saturated rings. The molecule has 0 amide bonds. The van der Waals surface area contributed by atoms with E-state index in [4.69, 9.17) is 10.7 Å². The molecule has 0 radical (unpaired) electrons. The Morgan fingerprint density at radius 3 is 2.79 bits per heavy atom. The van der Waals surface area contributed by atoms with Crippen LogP contribution in [0.15, 0.2) is 0 Å². The van der Waals surface area contributed by atoms with Crippen LogP contribution in [0.4, 0.5) is 0 Å². The van der Waals surface area contributed by atoms with Gasteiger partial charge in [-0.2, -0.15) is 11.8 Å². The first kappa shape index (κ1) is 12.6. The molecular weight excluding hydrogens is 242 g/mol. The summed E-state index contributed by atoms with van der Waals surface area (Å²) in [4.78, 5) is 2.24. The zero-order valence-corrected chi connectivity index (χ0v) is 10.7. The first-order valence-electron chi connectivity index (χ1n) is 4.69. The van der Waals surface area contributed by atoms with Crippen LogP contribution in [0.1, 0.15) is 12.8 Å². The smallest absolute Gasteiger partial charge is 0.232 e. The zero-order valence-electron chi connectivity index (χ0n) is 8.28. The quantitative estimate of drug-likeness (QED) is 0.698. The molecule has 3 nitrogen and oxygen atoms in total. The molecule has 0 bridgehead atoms. The third kappa shape index (κ3) is 4.87. The molecule has 0 saturated carbocycles. The molecule has 1 heterocycles. The van der Waals surface area contributed by atoms with Gasteiger partial charge in [-0.15, -0.1) is 0 Å². The minimum Gasteiger partial charge on any atom is -0.303 e. The van der Waals surface area contributed by atoms with Crippen molar-refractivity contribution >= 4 is 31.5 Å². The molecule has 0 aromatic carbocycles. The average molecular weight is 258 g/mol. The second-order valence-corrected chi connectivity index (χ2v) is 7.64. The van der Waals surface area contributed by atoms with Crippen LogP contribution in [-0.2, 0) is 9.05 Å². The summed E-state index contributed by atoms with van der Waals surface area (Å²) >= 11 is 1.96. The van der Waals surface area contributed by atoms with E-state index >= 15 is 0 Å². The van der Waals surface area contributed by atoms with Gasteiger partial charge in [0.15, 0.2) is 0 Å². The maximum Gasteiger partial charge on any atom is 0.232 e. The zero-order chi connectivity index (χ0) is 10.6. The van der Waals surface area contributed by atoms with Crippen molar-refractivity contribution in [2.24, 2.45) is 0 Å². The van der Waals surface area contributed by atoms with Crippen molar-refractivity contribution in [1.82, 2.24) is 4.90 Å². The fourth-order valence-corrected chi connectivity index (χ4v) is 3.64. The van der Waals surface area contributed by atoms with Crippen LogP contribution in [0.2, 0.25) is 0 Å². The Hall–Kier alpha value is 0.550. The van der Waals surface area contributed by atoms with Crippen LogP contribution >= 0.6 is 22.4 Å². The maximum atomic E-state index is 10.7. The van der Waals surface area contributed by atoms with Gasteiger partial charge < -0.3 is 4.90 Å². The lowest BCUT2D eigenvalue weighted by atomic mass is 10.2. The first-order valence-corrected chi connectivity index (χ1v) is 8.32. The highest BCUT2D eigenvalue weighted by Gasteiger charge is 2.19. The molecule has 1 atom stereocenters. The number of hydrogen-bond acceptors (Lipinski definition) is 4. The average Bonchev–Trinajstić information content (AvgIpc) is 2.53. The normalized spacial score (nSPS) is 23.2. The predicted molar refractivity (Wildman–Crippen MR) is 62.6 cm³/mol. The van der Waals surface area contributed by atoms with Crippen molar-refractivity contribution in [2.75, 3.05) is 30.9 Å². The van der Waals surface area contributed by atoms with E-state index in [2.05, 4.69) is 11.9 Å². The Balaban J connectivity index is 2.17. The minimum absolute atomic E-state index is 0.0821. The lowest BCUT2D eigenvalue weighted by molar-refractivity contribution is 0.263. The standard InChI is InChI=1S/C8H16ClNO2S2/c1-10(8-3-5-13-7-8)4-2-6-14(9,11)12/h8H,2-7H2,1H3. The van der Waals surface area contributed by atoms with Gasteiger partial charge >= 0.3 is 0 Å². The van der Waals surface area contributed by atoms with E-state index in [1.54, 1.807) is 0 Å².